The molecule has 0 aliphatic heterocycles. The summed E-state index contributed by atoms with van der Waals surface area (Å²) >= 11 is 0. The van der Waals surface area contributed by atoms with E-state index in [2.05, 4.69) is 4.74 Å². The highest BCUT2D eigenvalue weighted by atomic mass is 16.6. The topological polar surface area (TPSA) is 93.2 Å². The largest absolute Gasteiger partial charge is 0.461 e. The molecular weight excluding hydrogens is 260 g/mol. The van der Waals surface area contributed by atoms with Gasteiger partial charge in [0.05, 0.1) is 19.1 Å². The molecule has 0 aliphatic rings. The Balaban J connectivity index is 2.90. The predicted molar refractivity (Wildman–Crippen MR) is 72.1 cm³/mol. The van der Waals surface area contributed by atoms with Crippen molar-refractivity contribution in [3.05, 3.63) is 51.6 Å². The minimum absolute atomic E-state index is 0.0630. The Kier molecular flexibility index (Phi) is 5.91. The molecule has 1 atom stereocenters. The summed E-state index contributed by atoms with van der Waals surface area (Å²) in [5.41, 5.74) is 0.904. The van der Waals surface area contributed by atoms with E-state index < -0.39 is 16.9 Å². The van der Waals surface area contributed by atoms with Crippen molar-refractivity contribution in [1.29, 1.82) is 5.26 Å². The summed E-state index contributed by atoms with van der Waals surface area (Å²) in [7, 11) is 0. The summed E-state index contributed by atoms with van der Waals surface area (Å²) in [4.78, 5) is 21.6. The molecule has 6 heteroatoms. The quantitative estimate of drug-likeness (QED) is 0.343. The number of rotatable bonds is 6. The molecule has 0 amide bonds. The van der Waals surface area contributed by atoms with Gasteiger partial charge in [0.1, 0.15) is 0 Å². The first-order valence-corrected chi connectivity index (χ1v) is 6.04. The van der Waals surface area contributed by atoms with Crippen LogP contribution in [0.2, 0.25) is 0 Å². The number of ether oxygens (including phenoxy) is 1. The van der Waals surface area contributed by atoms with Crippen molar-refractivity contribution in [1.82, 2.24) is 0 Å². The van der Waals surface area contributed by atoms with Gasteiger partial charge in [0, 0.05) is 10.5 Å². The zero-order valence-corrected chi connectivity index (χ0v) is 11.0. The van der Waals surface area contributed by atoms with E-state index in [9.17, 15) is 14.9 Å². The zero-order chi connectivity index (χ0) is 15.0. The van der Waals surface area contributed by atoms with Crippen molar-refractivity contribution in [3.63, 3.8) is 0 Å². The van der Waals surface area contributed by atoms with E-state index in [-0.39, 0.29) is 18.6 Å². The Labute approximate surface area is 116 Å². The second-order valence-corrected chi connectivity index (χ2v) is 3.95. The van der Waals surface area contributed by atoms with Gasteiger partial charge >= 0.3 is 12.0 Å². The van der Waals surface area contributed by atoms with Gasteiger partial charge in [0.15, 0.2) is 0 Å². The molecule has 1 rings (SSSR count). The Bertz CT molecular complexity index is 546. The van der Waals surface area contributed by atoms with E-state index in [4.69, 9.17) is 5.26 Å². The number of hydrogen-bond donors (Lipinski definition) is 0. The predicted octanol–water partition coefficient (Wildman–Crippen LogP) is 2.19. The lowest BCUT2D eigenvalue weighted by atomic mass is 10.0. The van der Waals surface area contributed by atoms with Crippen molar-refractivity contribution < 1.29 is 14.5 Å². The van der Waals surface area contributed by atoms with Crippen LogP contribution in [0.3, 0.4) is 0 Å². The molecule has 0 aliphatic carbocycles. The summed E-state index contributed by atoms with van der Waals surface area (Å²) < 4.78 is 4.64. The van der Waals surface area contributed by atoms with Gasteiger partial charge in [0.25, 0.3) is 0 Å². The molecule has 0 radical (unpaired) electrons. The maximum atomic E-state index is 11.5. The smallest absolute Gasteiger partial charge is 0.382 e. The van der Waals surface area contributed by atoms with Crippen LogP contribution in [0.25, 0.3) is 6.08 Å². The lowest BCUT2D eigenvalue weighted by Crippen LogP contribution is -2.31. The molecule has 0 bridgehead atoms. The van der Waals surface area contributed by atoms with Gasteiger partial charge in [-0.05, 0) is 18.6 Å². The molecular formula is C14H14N2O4. The molecule has 20 heavy (non-hydrogen) atoms. The highest BCUT2D eigenvalue weighted by Gasteiger charge is 2.32. The van der Waals surface area contributed by atoms with Gasteiger partial charge in [0.2, 0.25) is 0 Å². The van der Waals surface area contributed by atoms with Crippen LogP contribution in [0, 0.1) is 21.4 Å². The number of esters is 1. The number of benzene rings is 1. The fourth-order valence-electron chi connectivity index (χ4n) is 1.58. The Hall–Kier alpha value is -2.68. The van der Waals surface area contributed by atoms with Crippen molar-refractivity contribution in [2.24, 2.45) is 0 Å². The average molecular weight is 274 g/mol. The van der Waals surface area contributed by atoms with Crippen LogP contribution in [0.4, 0.5) is 0 Å². The summed E-state index contributed by atoms with van der Waals surface area (Å²) in [5.74, 6) is -0.924. The molecule has 0 N–H and O–H groups in total. The monoisotopic (exact) mass is 274 g/mol. The third-order valence-corrected chi connectivity index (χ3v) is 2.51. The maximum Gasteiger partial charge on any atom is 0.382 e. The lowest BCUT2D eigenvalue weighted by molar-refractivity contribution is -0.509. The lowest BCUT2D eigenvalue weighted by Gasteiger charge is -2.07. The molecule has 0 spiro atoms. The highest BCUT2D eigenvalue weighted by Crippen LogP contribution is 2.14. The van der Waals surface area contributed by atoms with E-state index in [0.29, 0.717) is 0 Å². The van der Waals surface area contributed by atoms with Gasteiger partial charge in [-0.25, -0.2) is 4.79 Å². The first-order chi connectivity index (χ1) is 9.58. The van der Waals surface area contributed by atoms with Crippen LogP contribution in [0.1, 0.15) is 18.9 Å². The van der Waals surface area contributed by atoms with Crippen LogP contribution in [-0.4, -0.2) is 23.5 Å². The van der Waals surface area contributed by atoms with Crippen LogP contribution in [-0.2, 0) is 9.53 Å². The van der Waals surface area contributed by atoms with Gasteiger partial charge in [-0.2, -0.15) is 5.26 Å². The number of carbonyl (C=O) groups excluding carboxylic acids is 1. The normalized spacial score (nSPS) is 12.3. The van der Waals surface area contributed by atoms with Crippen molar-refractivity contribution in [2.45, 2.75) is 19.4 Å². The van der Waals surface area contributed by atoms with Crippen molar-refractivity contribution >= 4 is 12.0 Å². The first kappa shape index (κ1) is 15.4. The number of nitro groups is 1. The number of nitrogens with zero attached hydrogens (tertiary/aromatic N) is 2. The minimum atomic E-state index is -1.55. The number of carbonyl (C=O) groups is 1. The van der Waals surface area contributed by atoms with Crippen molar-refractivity contribution in [2.75, 3.05) is 6.61 Å². The molecule has 6 nitrogen and oxygen atoms in total. The van der Waals surface area contributed by atoms with E-state index in [1.165, 1.54) is 6.08 Å². The van der Waals surface area contributed by atoms with Crippen LogP contribution < -0.4 is 0 Å². The number of nitriles is 1. The molecule has 104 valence electrons. The fourth-order valence-corrected chi connectivity index (χ4v) is 1.58. The minimum Gasteiger partial charge on any atom is -0.461 e. The molecule has 0 aromatic heterocycles. The fraction of sp³-hybridized carbons (Fsp3) is 0.286. The molecule has 0 saturated heterocycles. The SMILES string of the molecule is CCOC(=O)C(C/C(C#N)=C/c1ccccc1)[N+](=O)[O-]. The second kappa shape index (κ2) is 7.69. The highest BCUT2D eigenvalue weighted by molar-refractivity contribution is 5.75. The second-order valence-electron chi connectivity index (χ2n) is 3.95. The van der Waals surface area contributed by atoms with Crippen molar-refractivity contribution in [3.8, 4) is 6.07 Å². The third kappa shape index (κ3) is 4.53. The Morgan fingerprint density at radius 3 is 2.65 bits per heavy atom. The zero-order valence-electron chi connectivity index (χ0n) is 11.0. The Morgan fingerprint density at radius 2 is 2.15 bits per heavy atom. The Morgan fingerprint density at radius 1 is 1.50 bits per heavy atom. The van der Waals surface area contributed by atoms with Crippen LogP contribution in [0.5, 0.6) is 0 Å². The number of hydrogen-bond acceptors (Lipinski definition) is 5. The summed E-state index contributed by atoms with van der Waals surface area (Å²) in [6, 6.07) is 9.26. The van der Waals surface area contributed by atoms with Gasteiger partial charge in [-0.3, -0.25) is 10.1 Å². The third-order valence-electron chi connectivity index (χ3n) is 2.51. The summed E-state index contributed by atoms with van der Waals surface area (Å²) in [5, 5.41) is 19.9. The van der Waals surface area contributed by atoms with Gasteiger partial charge in [-0.1, -0.05) is 30.3 Å². The average Bonchev–Trinajstić information content (AvgIpc) is 2.44. The van der Waals surface area contributed by atoms with E-state index >= 15 is 0 Å². The molecule has 0 fully saturated rings. The summed E-state index contributed by atoms with van der Waals surface area (Å²) in [6.45, 7) is 1.63. The maximum absolute atomic E-state index is 11.5. The molecule has 1 aromatic rings. The molecule has 1 aromatic carbocycles. The van der Waals surface area contributed by atoms with Crippen LogP contribution >= 0.6 is 0 Å². The van der Waals surface area contributed by atoms with Gasteiger partial charge < -0.3 is 4.74 Å². The van der Waals surface area contributed by atoms with E-state index in [0.717, 1.165) is 5.56 Å². The van der Waals surface area contributed by atoms with Crippen LogP contribution in [0.15, 0.2) is 35.9 Å². The van der Waals surface area contributed by atoms with E-state index in [1.54, 1.807) is 31.2 Å². The molecule has 0 saturated carbocycles. The molecule has 0 heterocycles. The van der Waals surface area contributed by atoms with E-state index in [1.807, 2.05) is 12.1 Å². The standard InChI is InChI=1S/C14H14N2O4/c1-2-20-14(17)13(16(18)19)9-12(10-15)8-11-6-4-3-5-7-11/h3-8,13H,2,9H2,1H3/b12-8-. The first-order valence-electron chi connectivity index (χ1n) is 6.04. The van der Waals surface area contributed by atoms with Gasteiger partial charge in [-0.15, -0.1) is 0 Å². The summed E-state index contributed by atoms with van der Waals surface area (Å²) in [6.07, 6.45) is 1.24. The molecule has 1 unspecified atom stereocenters.